The smallest absolute Gasteiger partial charge is 0.412 e. The third kappa shape index (κ3) is 3.35. The molecule has 0 unspecified atom stereocenters. The molecule has 1 N–H and O–H groups in total. The molecule has 0 aliphatic heterocycles. The number of carbonyl (C=O) groups is 1. The van der Waals surface area contributed by atoms with Crippen molar-refractivity contribution in [2.45, 2.75) is 26.4 Å². The number of hydrogen-bond donors (Lipinski definition) is 1. The molecule has 0 bridgehead atoms. The topological polar surface area (TPSA) is 51.2 Å². The van der Waals surface area contributed by atoms with Gasteiger partial charge in [-0.3, -0.25) is 10.3 Å². The van der Waals surface area contributed by atoms with E-state index in [4.69, 9.17) is 16.3 Å². The van der Waals surface area contributed by atoms with Crippen LogP contribution < -0.4 is 5.32 Å². The van der Waals surface area contributed by atoms with E-state index in [1.165, 1.54) is 0 Å². The normalized spacial score (nSPS) is 11.4. The van der Waals surface area contributed by atoms with Gasteiger partial charge < -0.3 is 4.74 Å². The van der Waals surface area contributed by atoms with Gasteiger partial charge >= 0.3 is 6.09 Å². The summed E-state index contributed by atoms with van der Waals surface area (Å²) >= 11 is 6.07. The molecule has 0 aliphatic rings. The van der Waals surface area contributed by atoms with Crippen molar-refractivity contribution in [3.63, 3.8) is 0 Å². The van der Waals surface area contributed by atoms with Crippen LogP contribution in [0.5, 0.6) is 0 Å². The Morgan fingerprint density at radius 3 is 2.74 bits per heavy atom. The van der Waals surface area contributed by atoms with Gasteiger partial charge in [-0.15, -0.1) is 0 Å². The molecule has 100 valence electrons. The third-order valence-corrected chi connectivity index (χ3v) is 2.66. The average molecular weight is 279 g/mol. The number of ether oxygens (including phenoxy) is 1. The quantitative estimate of drug-likeness (QED) is 0.849. The van der Waals surface area contributed by atoms with E-state index in [1.54, 1.807) is 24.4 Å². The van der Waals surface area contributed by atoms with Gasteiger partial charge in [0.25, 0.3) is 0 Å². The summed E-state index contributed by atoms with van der Waals surface area (Å²) in [4.78, 5) is 16.0. The predicted octanol–water partition coefficient (Wildman–Crippen LogP) is 4.24. The van der Waals surface area contributed by atoms with Crippen LogP contribution in [0.3, 0.4) is 0 Å². The van der Waals surface area contributed by atoms with Crippen molar-refractivity contribution in [1.82, 2.24) is 4.98 Å². The Morgan fingerprint density at radius 1 is 1.32 bits per heavy atom. The second-order valence-corrected chi connectivity index (χ2v) is 5.53. The van der Waals surface area contributed by atoms with E-state index in [0.717, 1.165) is 5.39 Å². The lowest BCUT2D eigenvalue weighted by molar-refractivity contribution is 0.0636. The lowest BCUT2D eigenvalue weighted by atomic mass is 10.2. The van der Waals surface area contributed by atoms with Crippen molar-refractivity contribution in [2.75, 3.05) is 5.32 Å². The molecule has 0 saturated heterocycles. The largest absolute Gasteiger partial charge is 0.444 e. The van der Waals surface area contributed by atoms with Gasteiger partial charge in [0, 0.05) is 11.6 Å². The fourth-order valence-corrected chi connectivity index (χ4v) is 1.87. The molecule has 0 fully saturated rings. The molecule has 1 aromatic carbocycles. The summed E-state index contributed by atoms with van der Waals surface area (Å²) in [6, 6.07) is 7.07. The van der Waals surface area contributed by atoms with E-state index in [0.29, 0.717) is 16.2 Å². The van der Waals surface area contributed by atoms with E-state index in [-0.39, 0.29) is 0 Å². The van der Waals surface area contributed by atoms with E-state index in [1.807, 2.05) is 26.8 Å². The molecular formula is C14H15ClN2O2. The van der Waals surface area contributed by atoms with Gasteiger partial charge in [-0.05, 0) is 45.0 Å². The molecule has 19 heavy (non-hydrogen) atoms. The number of anilines is 1. The van der Waals surface area contributed by atoms with E-state index in [9.17, 15) is 4.79 Å². The number of pyridine rings is 1. The first-order valence-electron chi connectivity index (χ1n) is 5.90. The van der Waals surface area contributed by atoms with Crippen molar-refractivity contribution in [2.24, 2.45) is 0 Å². The molecule has 0 spiro atoms. The predicted molar refractivity (Wildman–Crippen MR) is 76.6 cm³/mol. The number of halogens is 1. The summed E-state index contributed by atoms with van der Waals surface area (Å²) in [6.45, 7) is 5.44. The van der Waals surface area contributed by atoms with Gasteiger partial charge in [0.1, 0.15) is 5.60 Å². The molecule has 0 saturated carbocycles. The Kier molecular flexibility index (Phi) is 3.62. The van der Waals surface area contributed by atoms with Crippen LogP contribution >= 0.6 is 11.6 Å². The zero-order valence-corrected chi connectivity index (χ0v) is 11.8. The lowest BCUT2D eigenvalue weighted by Gasteiger charge is -2.20. The molecule has 1 amide bonds. The molecule has 1 aromatic heterocycles. The number of nitrogens with zero attached hydrogens (tertiary/aromatic N) is 1. The summed E-state index contributed by atoms with van der Waals surface area (Å²) in [5.74, 6) is 0. The zero-order valence-electron chi connectivity index (χ0n) is 11.0. The molecule has 0 aliphatic carbocycles. The van der Waals surface area contributed by atoms with E-state index in [2.05, 4.69) is 10.3 Å². The molecule has 2 aromatic rings. The van der Waals surface area contributed by atoms with Crippen LogP contribution in [0, 0.1) is 0 Å². The van der Waals surface area contributed by atoms with E-state index < -0.39 is 11.7 Å². The highest BCUT2D eigenvalue weighted by molar-refractivity contribution is 6.35. The first-order chi connectivity index (χ1) is 8.87. The Morgan fingerprint density at radius 2 is 2.05 bits per heavy atom. The number of hydrogen-bond acceptors (Lipinski definition) is 3. The van der Waals surface area contributed by atoms with Crippen LogP contribution in [0.25, 0.3) is 10.9 Å². The molecule has 0 atom stereocenters. The Balaban J connectivity index is 2.31. The van der Waals surface area contributed by atoms with E-state index >= 15 is 0 Å². The summed E-state index contributed by atoms with van der Waals surface area (Å²) in [5.41, 5.74) is 0.740. The Hall–Kier alpha value is -1.81. The van der Waals surface area contributed by atoms with Crippen LogP contribution in [0.4, 0.5) is 10.5 Å². The van der Waals surface area contributed by atoms with Crippen molar-refractivity contribution in [3.8, 4) is 0 Å². The molecule has 5 heteroatoms. The van der Waals surface area contributed by atoms with Crippen molar-refractivity contribution >= 4 is 34.3 Å². The maximum atomic E-state index is 11.8. The van der Waals surface area contributed by atoms with Gasteiger partial charge in [-0.2, -0.15) is 0 Å². The summed E-state index contributed by atoms with van der Waals surface area (Å²) in [7, 11) is 0. The molecule has 4 nitrogen and oxygen atoms in total. The molecule has 1 heterocycles. The third-order valence-electron chi connectivity index (χ3n) is 2.36. The molecular weight excluding hydrogens is 264 g/mol. The number of fused-ring (bicyclic) bond motifs is 1. The molecule has 2 rings (SSSR count). The maximum absolute atomic E-state index is 11.8. The van der Waals surface area contributed by atoms with Crippen LogP contribution in [0.1, 0.15) is 20.8 Å². The van der Waals surface area contributed by atoms with Gasteiger partial charge in [-0.1, -0.05) is 11.6 Å². The Bertz CT molecular complexity index is 620. The minimum atomic E-state index is -0.537. The minimum absolute atomic E-state index is 0.500. The van der Waals surface area contributed by atoms with Crippen molar-refractivity contribution in [1.29, 1.82) is 0 Å². The number of benzene rings is 1. The molecule has 0 radical (unpaired) electrons. The number of nitrogens with one attached hydrogen (secondary N) is 1. The standard InChI is InChI=1S/C14H15ClN2O2/c1-14(2,3)19-13(18)17-11-7-6-10(15)12-9(11)5-4-8-16-12/h4-8H,1-3H3,(H,17,18). The first-order valence-corrected chi connectivity index (χ1v) is 6.28. The maximum Gasteiger partial charge on any atom is 0.412 e. The second-order valence-electron chi connectivity index (χ2n) is 5.12. The fourth-order valence-electron chi connectivity index (χ4n) is 1.66. The summed E-state index contributed by atoms with van der Waals surface area (Å²) < 4.78 is 5.22. The minimum Gasteiger partial charge on any atom is -0.444 e. The highest BCUT2D eigenvalue weighted by Crippen LogP contribution is 2.28. The van der Waals surface area contributed by atoms with Gasteiger partial charge in [0.2, 0.25) is 0 Å². The van der Waals surface area contributed by atoms with Crippen molar-refractivity contribution < 1.29 is 9.53 Å². The van der Waals surface area contributed by atoms with Gasteiger partial charge in [0.05, 0.1) is 16.2 Å². The van der Waals surface area contributed by atoms with Crippen molar-refractivity contribution in [3.05, 3.63) is 35.5 Å². The number of amides is 1. The lowest BCUT2D eigenvalue weighted by Crippen LogP contribution is -2.27. The fraction of sp³-hybridized carbons (Fsp3) is 0.286. The first kappa shape index (κ1) is 13.6. The second kappa shape index (κ2) is 5.05. The highest BCUT2D eigenvalue weighted by atomic mass is 35.5. The van der Waals surface area contributed by atoms with Crippen LogP contribution in [0.15, 0.2) is 30.5 Å². The van der Waals surface area contributed by atoms with Crippen LogP contribution in [0.2, 0.25) is 5.02 Å². The highest BCUT2D eigenvalue weighted by Gasteiger charge is 2.17. The van der Waals surface area contributed by atoms with Crippen LogP contribution in [-0.4, -0.2) is 16.7 Å². The summed E-state index contributed by atoms with van der Waals surface area (Å²) in [5, 5.41) is 4.03. The zero-order chi connectivity index (χ0) is 14.0. The number of carbonyl (C=O) groups excluding carboxylic acids is 1. The van der Waals surface area contributed by atoms with Gasteiger partial charge in [-0.25, -0.2) is 4.79 Å². The van der Waals surface area contributed by atoms with Gasteiger partial charge in [0.15, 0.2) is 0 Å². The average Bonchev–Trinajstić information content (AvgIpc) is 2.31. The SMILES string of the molecule is CC(C)(C)OC(=O)Nc1ccc(Cl)c2ncccc12. The Labute approximate surface area is 116 Å². The summed E-state index contributed by atoms with van der Waals surface area (Å²) in [6.07, 6.45) is 1.16. The van der Waals surface area contributed by atoms with Crippen LogP contribution in [-0.2, 0) is 4.74 Å². The number of aromatic nitrogens is 1. The number of rotatable bonds is 1. The monoisotopic (exact) mass is 278 g/mol.